The van der Waals surface area contributed by atoms with Crippen LogP contribution in [0.5, 0.6) is 11.5 Å². The summed E-state index contributed by atoms with van der Waals surface area (Å²) in [6, 6.07) is 4.01. The summed E-state index contributed by atoms with van der Waals surface area (Å²) in [5.74, 6) is -1.69. The van der Waals surface area contributed by atoms with Crippen LogP contribution in [0.25, 0.3) is 0 Å². The van der Waals surface area contributed by atoms with Crippen molar-refractivity contribution in [3.8, 4) is 11.5 Å². The molecule has 25 heavy (non-hydrogen) atoms. The van der Waals surface area contributed by atoms with E-state index in [9.17, 15) is 19.2 Å². The quantitative estimate of drug-likeness (QED) is 0.578. The van der Waals surface area contributed by atoms with E-state index < -0.39 is 30.3 Å². The zero-order chi connectivity index (χ0) is 18.6. The standard InChI is InChI=1S/C16H19N3O6/c1-4-7-18-14(21)15(22)19(16(18)23)9-13(20)17-11-8-10(24-2)5-6-12(11)25-3/h5-6,8H,4,7,9H2,1-3H3,(H,17,20). The van der Waals surface area contributed by atoms with Crippen LogP contribution in [0.2, 0.25) is 0 Å². The first kappa shape index (κ1) is 18.2. The second-order valence-corrected chi connectivity index (χ2v) is 5.25. The Morgan fingerprint density at radius 1 is 1.08 bits per heavy atom. The van der Waals surface area contributed by atoms with Crippen molar-refractivity contribution in [1.29, 1.82) is 0 Å². The number of rotatable bonds is 7. The van der Waals surface area contributed by atoms with E-state index in [1.807, 2.05) is 0 Å². The Hall–Kier alpha value is -3.10. The fraction of sp³-hybridized carbons (Fsp3) is 0.375. The van der Waals surface area contributed by atoms with Gasteiger partial charge in [-0.3, -0.25) is 19.3 Å². The Labute approximate surface area is 144 Å². The lowest BCUT2D eigenvalue weighted by molar-refractivity contribution is -0.143. The highest BCUT2D eigenvalue weighted by atomic mass is 16.5. The summed E-state index contributed by atoms with van der Waals surface area (Å²) in [5.41, 5.74) is 0.322. The van der Waals surface area contributed by atoms with Crippen LogP contribution in [0.4, 0.5) is 10.5 Å². The van der Waals surface area contributed by atoms with Gasteiger partial charge in [0.25, 0.3) is 0 Å². The van der Waals surface area contributed by atoms with E-state index in [1.165, 1.54) is 14.2 Å². The molecule has 0 aromatic heterocycles. The van der Waals surface area contributed by atoms with Crippen molar-refractivity contribution in [2.24, 2.45) is 0 Å². The number of hydrogen-bond donors (Lipinski definition) is 1. The van der Waals surface area contributed by atoms with Gasteiger partial charge in [0.1, 0.15) is 18.0 Å². The third-order valence-corrected chi connectivity index (χ3v) is 3.56. The van der Waals surface area contributed by atoms with Gasteiger partial charge in [0.2, 0.25) is 5.91 Å². The molecule has 9 nitrogen and oxygen atoms in total. The molecule has 1 fully saturated rings. The van der Waals surface area contributed by atoms with E-state index in [0.717, 1.165) is 4.90 Å². The van der Waals surface area contributed by atoms with Crippen molar-refractivity contribution in [2.45, 2.75) is 13.3 Å². The fourth-order valence-electron chi connectivity index (χ4n) is 2.36. The molecular weight excluding hydrogens is 330 g/mol. The maximum absolute atomic E-state index is 12.2. The lowest BCUT2D eigenvalue weighted by Crippen LogP contribution is -2.39. The molecule has 9 heteroatoms. The first-order chi connectivity index (χ1) is 11.9. The fourth-order valence-corrected chi connectivity index (χ4v) is 2.36. The number of amides is 5. The Morgan fingerprint density at radius 2 is 1.76 bits per heavy atom. The smallest absolute Gasteiger partial charge is 0.334 e. The molecule has 1 aromatic rings. The average molecular weight is 349 g/mol. The molecule has 1 N–H and O–H groups in total. The number of hydrogen-bond acceptors (Lipinski definition) is 6. The molecule has 1 aromatic carbocycles. The van der Waals surface area contributed by atoms with Gasteiger partial charge in [-0.1, -0.05) is 6.92 Å². The Kier molecular flexibility index (Phi) is 5.58. The second-order valence-electron chi connectivity index (χ2n) is 5.25. The number of benzene rings is 1. The average Bonchev–Trinajstić information content (AvgIpc) is 2.80. The first-order valence-corrected chi connectivity index (χ1v) is 7.62. The third kappa shape index (κ3) is 3.70. The molecule has 0 saturated carbocycles. The van der Waals surface area contributed by atoms with Crippen molar-refractivity contribution in [3.05, 3.63) is 18.2 Å². The van der Waals surface area contributed by atoms with E-state index in [2.05, 4.69) is 5.32 Å². The monoisotopic (exact) mass is 349 g/mol. The minimum Gasteiger partial charge on any atom is -0.497 e. The van der Waals surface area contributed by atoms with Gasteiger partial charge < -0.3 is 14.8 Å². The molecule has 0 aliphatic carbocycles. The zero-order valence-corrected chi connectivity index (χ0v) is 14.2. The third-order valence-electron chi connectivity index (χ3n) is 3.56. The Morgan fingerprint density at radius 3 is 2.36 bits per heavy atom. The molecule has 5 amide bonds. The van der Waals surface area contributed by atoms with Crippen LogP contribution in [-0.2, 0) is 14.4 Å². The van der Waals surface area contributed by atoms with Crippen LogP contribution in [0.1, 0.15) is 13.3 Å². The molecule has 2 rings (SSSR count). The molecule has 0 bridgehead atoms. The van der Waals surface area contributed by atoms with Crippen LogP contribution in [0.3, 0.4) is 0 Å². The highest BCUT2D eigenvalue weighted by Gasteiger charge is 2.44. The van der Waals surface area contributed by atoms with Gasteiger partial charge >= 0.3 is 17.8 Å². The first-order valence-electron chi connectivity index (χ1n) is 7.62. The zero-order valence-electron chi connectivity index (χ0n) is 14.2. The summed E-state index contributed by atoms with van der Waals surface area (Å²) >= 11 is 0. The lowest BCUT2D eigenvalue weighted by Gasteiger charge is -2.16. The minimum atomic E-state index is -1.01. The molecule has 1 saturated heterocycles. The number of urea groups is 1. The molecule has 0 spiro atoms. The maximum Gasteiger partial charge on any atom is 0.334 e. The molecule has 134 valence electrons. The second kappa shape index (κ2) is 7.65. The SMILES string of the molecule is CCCN1C(=O)C(=O)N(CC(=O)Nc2cc(OC)ccc2OC)C1=O. The Balaban J connectivity index is 2.11. The summed E-state index contributed by atoms with van der Waals surface area (Å²) in [4.78, 5) is 49.5. The number of nitrogens with one attached hydrogen (secondary N) is 1. The van der Waals surface area contributed by atoms with Gasteiger partial charge in [0, 0.05) is 12.6 Å². The van der Waals surface area contributed by atoms with Crippen molar-refractivity contribution < 1.29 is 28.7 Å². The van der Waals surface area contributed by atoms with E-state index >= 15 is 0 Å². The van der Waals surface area contributed by atoms with Gasteiger partial charge in [-0.15, -0.1) is 0 Å². The number of anilines is 1. The van der Waals surface area contributed by atoms with E-state index in [1.54, 1.807) is 25.1 Å². The molecule has 0 atom stereocenters. The topological polar surface area (TPSA) is 105 Å². The molecule has 1 aliphatic rings. The summed E-state index contributed by atoms with van der Waals surface area (Å²) in [6.07, 6.45) is 0.520. The number of carbonyl (C=O) groups excluding carboxylic acids is 4. The predicted molar refractivity (Wildman–Crippen MR) is 87.3 cm³/mol. The summed E-state index contributed by atoms with van der Waals surface area (Å²) in [6.45, 7) is 1.34. The van der Waals surface area contributed by atoms with Gasteiger partial charge in [-0.2, -0.15) is 0 Å². The van der Waals surface area contributed by atoms with Gasteiger partial charge in [0.15, 0.2) is 0 Å². The van der Waals surface area contributed by atoms with Crippen LogP contribution in [0.15, 0.2) is 18.2 Å². The van der Waals surface area contributed by atoms with Crippen LogP contribution in [-0.4, -0.2) is 60.9 Å². The van der Waals surface area contributed by atoms with Crippen LogP contribution in [0, 0.1) is 0 Å². The maximum atomic E-state index is 12.2. The van der Waals surface area contributed by atoms with Crippen molar-refractivity contribution >= 4 is 29.4 Å². The number of nitrogens with zero attached hydrogens (tertiary/aromatic N) is 2. The number of carbonyl (C=O) groups is 4. The Bertz CT molecular complexity index is 718. The largest absolute Gasteiger partial charge is 0.497 e. The highest BCUT2D eigenvalue weighted by Crippen LogP contribution is 2.28. The molecule has 0 radical (unpaired) electrons. The summed E-state index contributed by atoms with van der Waals surface area (Å²) in [7, 11) is 2.91. The predicted octanol–water partition coefficient (Wildman–Crippen LogP) is 0.843. The van der Waals surface area contributed by atoms with Gasteiger partial charge in [0.05, 0.1) is 19.9 Å². The van der Waals surface area contributed by atoms with Gasteiger partial charge in [-0.05, 0) is 18.6 Å². The molecule has 0 unspecified atom stereocenters. The van der Waals surface area contributed by atoms with E-state index in [4.69, 9.17) is 9.47 Å². The van der Waals surface area contributed by atoms with E-state index in [0.29, 0.717) is 28.5 Å². The summed E-state index contributed by atoms with van der Waals surface area (Å²) < 4.78 is 10.2. The van der Waals surface area contributed by atoms with Gasteiger partial charge in [-0.25, -0.2) is 9.69 Å². The summed E-state index contributed by atoms with van der Waals surface area (Å²) in [5, 5.41) is 2.55. The van der Waals surface area contributed by atoms with Crippen molar-refractivity contribution in [1.82, 2.24) is 9.80 Å². The lowest BCUT2D eigenvalue weighted by atomic mass is 10.2. The molecular formula is C16H19N3O6. The number of imide groups is 2. The molecule has 1 heterocycles. The number of ether oxygens (including phenoxy) is 2. The van der Waals surface area contributed by atoms with E-state index in [-0.39, 0.29) is 6.54 Å². The molecule has 1 aliphatic heterocycles. The highest BCUT2D eigenvalue weighted by molar-refractivity contribution is 6.45. The minimum absolute atomic E-state index is 0.130. The van der Waals surface area contributed by atoms with Crippen molar-refractivity contribution in [3.63, 3.8) is 0 Å². The normalized spacial score (nSPS) is 14.1. The van der Waals surface area contributed by atoms with Crippen molar-refractivity contribution in [2.75, 3.05) is 32.6 Å². The van der Waals surface area contributed by atoms with Crippen LogP contribution >= 0.6 is 0 Å². The van der Waals surface area contributed by atoms with Crippen LogP contribution < -0.4 is 14.8 Å². The number of methoxy groups -OCH3 is 2.